The topological polar surface area (TPSA) is 137 Å². The van der Waals surface area contributed by atoms with Crippen LogP contribution < -0.4 is 11.1 Å². The number of nitrogens with one attached hydrogen (secondary N) is 1. The summed E-state index contributed by atoms with van der Waals surface area (Å²) in [5.41, 5.74) is 5.56. The number of nitrogens with zero attached hydrogens (tertiary/aromatic N) is 3. The smallest absolute Gasteiger partial charge is 0.285 e. The van der Waals surface area contributed by atoms with Crippen LogP contribution in [0.25, 0.3) is 0 Å². The first kappa shape index (κ1) is 23.0. The lowest BCUT2D eigenvalue weighted by Gasteiger charge is -2.31. The van der Waals surface area contributed by atoms with Gasteiger partial charge in [-0.3, -0.25) is 4.79 Å². The highest BCUT2D eigenvalue weighted by Crippen LogP contribution is 2.20. The number of aliphatic imine (C=N–C) groups is 1. The number of carbonyl (C=O) groups excluding carboxylic acids is 1. The van der Waals surface area contributed by atoms with E-state index in [2.05, 4.69) is 35.3 Å². The zero-order chi connectivity index (χ0) is 21.6. The largest absolute Gasteiger partial charge is 0.390 e. The molecule has 1 aromatic carbocycles. The SMILES string of the molecule is C=NC(N)=NS(=O)(=O)c1cccc(C(=O)N2C[C@H](O)CNC[C@@H]2CCC(C)C)c1. The van der Waals surface area contributed by atoms with Crippen molar-refractivity contribution in [1.29, 1.82) is 0 Å². The number of benzene rings is 1. The Kier molecular flexibility index (Phi) is 7.88. The van der Waals surface area contributed by atoms with E-state index in [0.29, 0.717) is 19.0 Å². The minimum Gasteiger partial charge on any atom is -0.390 e. The van der Waals surface area contributed by atoms with Crippen molar-refractivity contribution in [3.63, 3.8) is 0 Å². The van der Waals surface area contributed by atoms with Crippen LogP contribution in [0.15, 0.2) is 38.6 Å². The van der Waals surface area contributed by atoms with Crippen molar-refractivity contribution in [3.8, 4) is 0 Å². The summed E-state index contributed by atoms with van der Waals surface area (Å²) in [5, 5.41) is 13.3. The second-order valence-electron chi connectivity index (χ2n) is 7.51. The average Bonchev–Trinajstić information content (AvgIpc) is 2.86. The molecule has 0 bridgehead atoms. The third-order valence-corrected chi connectivity index (χ3v) is 5.98. The first-order valence-corrected chi connectivity index (χ1v) is 10.9. The Hall–Kier alpha value is -2.30. The molecular formula is C19H29N5O4S. The summed E-state index contributed by atoms with van der Waals surface area (Å²) in [4.78, 5) is 18.0. The number of rotatable bonds is 6. The number of hydrogen-bond acceptors (Lipinski definition) is 5. The van der Waals surface area contributed by atoms with Gasteiger partial charge in [-0.05, 0) is 43.7 Å². The van der Waals surface area contributed by atoms with Gasteiger partial charge in [-0.2, -0.15) is 8.42 Å². The highest BCUT2D eigenvalue weighted by atomic mass is 32.2. The highest BCUT2D eigenvalue weighted by Gasteiger charge is 2.30. The van der Waals surface area contributed by atoms with Gasteiger partial charge < -0.3 is 21.1 Å². The molecule has 1 heterocycles. The molecule has 9 nitrogen and oxygen atoms in total. The Labute approximate surface area is 171 Å². The van der Waals surface area contributed by atoms with Gasteiger partial charge in [0.2, 0.25) is 5.96 Å². The molecular weight excluding hydrogens is 394 g/mol. The summed E-state index contributed by atoms with van der Waals surface area (Å²) in [6.45, 7) is 8.52. The predicted molar refractivity (Wildman–Crippen MR) is 113 cm³/mol. The quantitative estimate of drug-likeness (QED) is 0.453. The fourth-order valence-corrected chi connectivity index (χ4v) is 4.10. The van der Waals surface area contributed by atoms with Gasteiger partial charge in [0.05, 0.1) is 11.0 Å². The maximum absolute atomic E-state index is 13.2. The number of sulfonamides is 1. The summed E-state index contributed by atoms with van der Waals surface area (Å²) < 4.78 is 28.1. The van der Waals surface area contributed by atoms with Crippen molar-refractivity contribution in [2.45, 2.75) is 43.7 Å². The van der Waals surface area contributed by atoms with Gasteiger partial charge in [0.1, 0.15) is 0 Å². The van der Waals surface area contributed by atoms with E-state index < -0.39 is 22.1 Å². The lowest BCUT2D eigenvalue weighted by atomic mass is 10.0. The monoisotopic (exact) mass is 423 g/mol. The molecule has 10 heteroatoms. The van der Waals surface area contributed by atoms with E-state index in [0.717, 1.165) is 12.8 Å². The van der Waals surface area contributed by atoms with Crippen molar-refractivity contribution >= 4 is 28.6 Å². The average molecular weight is 424 g/mol. The first-order chi connectivity index (χ1) is 13.6. The van der Waals surface area contributed by atoms with Gasteiger partial charge in [-0.1, -0.05) is 19.9 Å². The summed E-state index contributed by atoms with van der Waals surface area (Å²) in [5.74, 6) is -0.329. The number of β-amino-alcohol motifs (C(OH)–C–C–N with tert-alkyl or cyclic N) is 1. The predicted octanol–water partition coefficient (Wildman–Crippen LogP) is 0.602. The molecule has 0 saturated carbocycles. The molecule has 160 valence electrons. The van der Waals surface area contributed by atoms with Gasteiger partial charge in [0.15, 0.2) is 0 Å². The van der Waals surface area contributed by atoms with Gasteiger partial charge in [0.25, 0.3) is 15.9 Å². The molecule has 1 aliphatic heterocycles. The molecule has 0 unspecified atom stereocenters. The van der Waals surface area contributed by atoms with Crippen molar-refractivity contribution in [2.24, 2.45) is 21.0 Å². The summed E-state index contributed by atoms with van der Waals surface area (Å²) in [6, 6.07) is 5.52. The summed E-state index contributed by atoms with van der Waals surface area (Å²) >= 11 is 0. The molecule has 1 fully saturated rings. The van der Waals surface area contributed by atoms with Crippen LogP contribution in [0.2, 0.25) is 0 Å². The fourth-order valence-electron chi connectivity index (χ4n) is 3.16. The van der Waals surface area contributed by atoms with Crippen molar-refractivity contribution in [3.05, 3.63) is 29.8 Å². The Balaban J connectivity index is 2.34. The van der Waals surface area contributed by atoms with E-state index in [-0.39, 0.29) is 29.0 Å². The van der Waals surface area contributed by atoms with E-state index >= 15 is 0 Å². The zero-order valence-electron chi connectivity index (χ0n) is 16.8. The molecule has 4 N–H and O–H groups in total. The third-order valence-electron chi connectivity index (χ3n) is 4.70. The van der Waals surface area contributed by atoms with Crippen LogP contribution in [-0.4, -0.2) is 68.8 Å². The molecule has 0 radical (unpaired) electrons. The molecule has 29 heavy (non-hydrogen) atoms. The van der Waals surface area contributed by atoms with Gasteiger partial charge >= 0.3 is 0 Å². The maximum Gasteiger partial charge on any atom is 0.285 e. The Morgan fingerprint density at radius 2 is 2.14 bits per heavy atom. The Morgan fingerprint density at radius 3 is 2.79 bits per heavy atom. The summed E-state index contributed by atoms with van der Waals surface area (Å²) in [6.07, 6.45) is 1.02. The second-order valence-corrected chi connectivity index (χ2v) is 9.11. The normalized spacial score (nSPS) is 21.1. The molecule has 1 aromatic rings. The van der Waals surface area contributed by atoms with Crippen molar-refractivity contribution in [2.75, 3.05) is 19.6 Å². The van der Waals surface area contributed by atoms with Crippen LogP contribution in [-0.2, 0) is 10.0 Å². The van der Waals surface area contributed by atoms with Crippen LogP contribution in [0, 0.1) is 5.92 Å². The van der Waals surface area contributed by atoms with E-state index in [1.165, 1.54) is 18.2 Å². The number of aliphatic hydroxyl groups excluding tert-OH is 1. The van der Waals surface area contributed by atoms with E-state index in [9.17, 15) is 18.3 Å². The van der Waals surface area contributed by atoms with Crippen LogP contribution in [0.4, 0.5) is 0 Å². The van der Waals surface area contributed by atoms with Crippen LogP contribution in [0.3, 0.4) is 0 Å². The lowest BCUT2D eigenvalue weighted by molar-refractivity contribution is 0.0568. The molecule has 2 rings (SSSR count). The zero-order valence-corrected chi connectivity index (χ0v) is 17.6. The number of nitrogens with two attached hydrogens (primary N) is 1. The molecule has 1 saturated heterocycles. The first-order valence-electron chi connectivity index (χ1n) is 9.51. The number of amides is 1. The fraction of sp³-hybridized carbons (Fsp3) is 0.526. The molecule has 1 amide bonds. The van der Waals surface area contributed by atoms with Crippen molar-refractivity contribution < 1.29 is 18.3 Å². The molecule has 2 atom stereocenters. The molecule has 1 aliphatic rings. The van der Waals surface area contributed by atoms with Gasteiger partial charge in [-0.15, -0.1) is 4.40 Å². The van der Waals surface area contributed by atoms with Crippen molar-refractivity contribution in [1.82, 2.24) is 10.2 Å². The Morgan fingerprint density at radius 1 is 1.41 bits per heavy atom. The lowest BCUT2D eigenvalue weighted by Crippen LogP contribution is -2.45. The number of hydrogen-bond donors (Lipinski definition) is 3. The van der Waals surface area contributed by atoms with Gasteiger partial charge in [0, 0.05) is 31.2 Å². The highest BCUT2D eigenvalue weighted by molar-refractivity contribution is 7.90. The van der Waals surface area contributed by atoms with E-state index in [1.807, 2.05) is 0 Å². The molecule has 0 aliphatic carbocycles. The number of guanidine groups is 1. The minimum atomic E-state index is -4.11. The standard InChI is InChI=1S/C19H29N5O4S/c1-13(2)7-8-15-10-22-11-16(25)12-24(15)18(26)14-5-4-6-17(9-14)29(27,28)23-19(20)21-3/h4-6,9,13,15-16,22,25H,3,7-8,10-12H2,1-2H3,(H2,20,23)/t15-,16+/m0/s1. The molecule has 0 aromatic heterocycles. The molecule has 0 spiro atoms. The van der Waals surface area contributed by atoms with E-state index in [4.69, 9.17) is 5.73 Å². The minimum absolute atomic E-state index is 0.0963. The van der Waals surface area contributed by atoms with Crippen LogP contribution in [0.1, 0.15) is 37.0 Å². The van der Waals surface area contributed by atoms with Gasteiger partial charge in [-0.25, -0.2) is 4.99 Å². The van der Waals surface area contributed by atoms with Crippen LogP contribution in [0.5, 0.6) is 0 Å². The van der Waals surface area contributed by atoms with E-state index in [1.54, 1.807) is 11.0 Å². The summed E-state index contributed by atoms with van der Waals surface area (Å²) in [7, 11) is -4.11. The number of aliphatic hydroxyl groups is 1. The third kappa shape index (κ3) is 6.34. The number of carbonyl (C=O) groups is 1. The second kappa shape index (κ2) is 9.95. The maximum atomic E-state index is 13.2. The van der Waals surface area contributed by atoms with Crippen LogP contribution >= 0.6 is 0 Å². The Bertz CT molecular complexity index is 869.